The van der Waals surface area contributed by atoms with Crippen LogP contribution in [0.1, 0.15) is 19.5 Å². The van der Waals surface area contributed by atoms with Crippen LogP contribution in [-0.2, 0) is 0 Å². The molecule has 3 heteroatoms. The Bertz CT molecular complexity index is 390. The van der Waals surface area contributed by atoms with Crippen molar-refractivity contribution in [3.8, 4) is 0 Å². The minimum Gasteiger partial charge on any atom is -0.382 e. The molecule has 2 aromatic rings. The predicted octanol–water partition coefficient (Wildman–Crippen LogP) is 2.25. The van der Waals surface area contributed by atoms with Gasteiger partial charge < -0.3 is 10.1 Å². The van der Waals surface area contributed by atoms with Crippen LogP contribution < -0.4 is 5.73 Å². The molecule has 0 aliphatic carbocycles. The Hall–Kier alpha value is -1.51. The molecule has 0 spiro atoms. The number of pyridine rings is 1. The Morgan fingerprint density at radius 2 is 2.00 bits per heavy atom. The molecule has 70 valence electrons. The van der Waals surface area contributed by atoms with Crippen LogP contribution in [0.15, 0.2) is 24.4 Å². The summed E-state index contributed by atoms with van der Waals surface area (Å²) in [5, 5.41) is 0. The molecule has 0 radical (unpaired) electrons. The minimum atomic E-state index is 0.608. The summed E-state index contributed by atoms with van der Waals surface area (Å²) in [6, 6.07) is 5.84. The summed E-state index contributed by atoms with van der Waals surface area (Å²) in [6.07, 6.45) is 1.95. The maximum absolute atomic E-state index is 5.62. The molecule has 13 heavy (non-hydrogen) atoms. The second-order valence-corrected chi connectivity index (χ2v) is 2.51. The fraction of sp³-hybridized carbons (Fsp3) is 0.300. The summed E-state index contributed by atoms with van der Waals surface area (Å²) in [5.74, 6) is 0.608. The van der Waals surface area contributed by atoms with E-state index >= 15 is 0 Å². The number of hydrogen-bond donors (Lipinski definition) is 1. The molecular formula is C10H15N3. The highest BCUT2D eigenvalue weighted by atomic mass is 15.1. The van der Waals surface area contributed by atoms with Crippen LogP contribution in [0.5, 0.6) is 0 Å². The fourth-order valence-electron chi connectivity index (χ4n) is 1.14. The van der Waals surface area contributed by atoms with Gasteiger partial charge in [-0.15, -0.1) is 0 Å². The van der Waals surface area contributed by atoms with E-state index in [0.29, 0.717) is 5.82 Å². The van der Waals surface area contributed by atoms with E-state index in [1.54, 1.807) is 0 Å². The lowest BCUT2D eigenvalue weighted by Gasteiger charge is -1.92. The van der Waals surface area contributed by atoms with Gasteiger partial charge in [-0.1, -0.05) is 19.9 Å². The lowest BCUT2D eigenvalue weighted by Crippen LogP contribution is -1.88. The zero-order valence-electron chi connectivity index (χ0n) is 8.28. The first-order valence-electron chi connectivity index (χ1n) is 4.48. The number of nitrogens with two attached hydrogens (primary N) is 1. The van der Waals surface area contributed by atoms with Gasteiger partial charge in [0, 0.05) is 6.20 Å². The summed E-state index contributed by atoms with van der Waals surface area (Å²) in [4.78, 5) is 4.15. The first-order chi connectivity index (χ1) is 6.29. The molecular weight excluding hydrogens is 162 g/mol. The number of fused-ring (bicyclic) bond motifs is 1. The molecule has 0 atom stereocenters. The Balaban J connectivity index is 0.000000396. The third-order valence-electron chi connectivity index (χ3n) is 1.81. The summed E-state index contributed by atoms with van der Waals surface area (Å²) in [7, 11) is 0. The summed E-state index contributed by atoms with van der Waals surface area (Å²) in [6.45, 7) is 5.95. The number of nitrogen functional groups attached to an aromatic ring is 1. The second-order valence-electron chi connectivity index (χ2n) is 2.51. The highest BCUT2D eigenvalue weighted by molar-refractivity contribution is 5.50. The lowest BCUT2D eigenvalue weighted by atomic mass is 10.4. The van der Waals surface area contributed by atoms with Crippen LogP contribution in [0, 0.1) is 6.92 Å². The number of anilines is 1. The molecule has 0 bridgehead atoms. The molecule has 3 nitrogen and oxygen atoms in total. The van der Waals surface area contributed by atoms with Gasteiger partial charge in [-0.05, 0) is 19.1 Å². The first-order valence-corrected chi connectivity index (χ1v) is 4.48. The SMILES string of the molecule is CC.Cc1c(N)nc2ccccn12. The van der Waals surface area contributed by atoms with Crippen molar-refractivity contribution in [1.82, 2.24) is 9.38 Å². The Kier molecular flexibility index (Phi) is 2.90. The van der Waals surface area contributed by atoms with E-state index in [1.165, 1.54) is 0 Å². The molecule has 2 N–H and O–H groups in total. The van der Waals surface area contributed by atoms with Crippen LogP contribution >= 0.6 is 0 Å². The Labute approximate surface area is 78.2 Å². The van der Waals surface area contributed by atoms with Gasteiger partial charge in [0.05, 0.1) is 5.69 Å². The summed E-state index contributed by atoms with van der Waals surface area (Å²) < 4.78 is 1.97. The van der Waals surface area contributed by atoms with Gasteiger partial charge in [0.2, 0.25) is 0 Å². The van der Waals surface area contributed by atoms with Crippen LogP contribution in [-0.4, -0.2) is 9.38 Å². The van der Waals surface area contributed by atoms with Crippen molar-refractivity contribution in [2.75, 3.05) is 5.73 Å². The van der Waals surface area contributed by atoms with E-state index in [0.717, 1.165) is 11.3 Å². The Morgan fingerprint density at radius 3 is 2.62 bits per heavy atom. The number of aryl methyl sites for hydroxylation is 1. The summed E-state index contributed by atoms with van der Waals surface area (Å²) >= 11 is 0. The highest BCUT2D eigenvalue weighted by Gasteiger charge is 2.01. The predicted molar refractivity (Wildman–Crippen MR) is 55.7 cm³/mol. The van der Waals surface area contributed by atoms with Crippen LogP contribution in [0.25, 0.3) is 5.65 Å². The van der Waals surface area contributed by atoms with Crippen molar-refractivity contribution in [3.63, 3.8) is 0 Å². The molecule has 0 fully saturated rings. The minimum absolute atomic E-state index is 0.608. The normalized spacial score (nSPS) is 9.46. The molecule has 2 aromatic heterocycles. The zero-order chi connectivity index (χ0) is 9.84. The number of hydrogen-bond acceptors (Lipinski definition) is 2. The molecule has 2 rings (SSSR count). The van der Waals surface area contributed by atoms with E-state index in [1.807, 2.05) is 49.6 Å². The Morgan fingerprint density at radius 1 is 1.31 bits per heavy atom. The quantitative estimate of drug-likeness (QED) is 0.670. The lowest BCUT2D eigenvalue weighted by molar-refractivity contribution is 1.11. The number of imidazole rings is 1. The van der Waals surface area contributed by atoms with Crippen LogP contribution in [0.4, 0.5) is 5.82 Å². The van der Waals surface area contributed by atoms with E-state index in [2.05, 4.69) is 4.98 Å². The maximum Gasteiger partial charge on any atom is 0.145 e. The molecule has 0 saturated carbocycles. The topological polar surface area (TPSA) is 43.3 Å². The highest BCUT2D eigenvalue weighted by Crippen LogP contribution is 2.11. The largest absolute Gasteiger partial charge is 0.382 e. The standard InChI is InChI=1S/C8H9N3.C2H6/c1-6-8(9)10-7-4-2-3-5-11(6)7;1-2/h2-5H,9H2,1H3;1-2H3. The molecule has 0 amide bonds. The van der Waals surface area contributed by atoms with Gasteiger partial charge in [-0.2, -0.15) is 0 Å². The average molecular weight is 177 g/mol. The van der Waals surface area contributed by atoms with Gasteiger partial charge in [0.15, 0.2) is 0 Å². The van der Waals surface area contributed by atoms with Gasteiger partial charge in [-0.3, -0.25) is 0 Å². The van der Waals surface area contributed by atoms with Crippen molar-refractivity contribution in [3.05, 3.63) is 30.1 Å². The van der Waals surface area contributed by atoms with Gasteiger partial charge in [0.1, 0.15) is 11.5 Å². The monoisotopic (exact) mass is 177 g/mol. The molecule has 0 saturated heterocycles. The van der Waals surface area contributed by atoms with Crippen LogP contribution in [0.2, 0.25) is 0 Å². The molecule has 0 unspecified atom stereocenters. The van der Waals surface area contributed by atoms with Crippen molar-refractivity contribution in [2.24, 2.45) is 0 Å². The fourth-order valence-corrected chi connectivity index (χ4v) is 1.14. The second kappa shape index (κ2) is 3.94. The third-order valence-corrected chi connectivity index (χ3v) is 1.81. The van der Waals surface area contributed by atoms with Crippen LogP contribution in [0.3, 0.4) is 0 Å². The van der Waals surface area contributed by atoms with E-state index in [9.17, 15) is 0 Å². The van der Waals surface area contributed by atoms with E-state index in [4.69, 9.17) is 5.73 Å². The molecule has 0 aromatic carbocycles. The van der Waals surface area contributed by atoms with Crippen molar-refractivity contribution in [1.29, 1.82) is 0 Å². The number of rotatable bonds is 0. The number of aromatic nitrogens is 2. The molecule has 0 aliphatic rings. The van der Waals surface area contributed by atoms with E-state index in [-0.39, 0.29) is 0 Å². The van der Waals surface area contributed by atoms with Gasteiger partial charge >= 0.3 is 0 Å². The average Bonchev–Trinajstić information content (AvgIpc) is 2.47. The first kappa shape index (κ1) is 9.58. The third kappa shape index (κ3) is 1.64. The van der Waals surface area contributed by atoms with Crippen molar-refractivity contribution in [2.45, 2.75) is 20.8 Å². The molecule has 2 heterocycles. The summed E-state index contributed by atoms with van der Waals surface area (Å²) in [5.41, 5.74) is 7.53. The van der Waals surface area contributed by atoms with E-state index < -0.39 is 0 Å². The smallest absolute Gasteiger partial charge is 0.145 e. The maximum atomic E-state index is 5.62. The van der Waals surface area contributed by atoms with Gasteiger partial charge in [-0.25, -0.2) is 4.98 Å². The van der Waals surface area contributed by atoms with Gasteiger partial charge in [0.25, 0.3) is 0 Å². The number of nitrogens with zero attached hydrogens (tertiary/aromatic N) is 2. The van der Waals surface area contributed by atoms with Crippen molar-refractivity contribution < 1.29 is 0 Å². The molecule has 0 aliphatic heterocycles. The zero-order valence-corrected chi connectivity index (χ0v) is 8.28. The van der Waals surface area contributed by atoms with Crippen molar-refractivity contribution >= 4 is 11.5 Å².